The van der Waals surface area contributed by atoms with E-state index in [-0.39, 0.29) is 0 Å². The van der Waals surface area contributed by atoms with Gasteiger partial charge in [-0.3, -0.25) is 0 Å². The lowest BCUT2D eigenvalue weighted by Gasteiger charge is -2.37. The second-order valence-electron chi connectivity index (χ2n) is 5.20. The lowest BCUT2D eigenvalue weighted by molar-refractivity contribution is 0.292. The quantitative estimate of drug-likeness (QED) is 0.647. The van der Waals surface area contributed by atoms with Crippen molar-refractivity contribution in [1.29, 1.82) is 0 Å². The summed E-state index contributed by atoms with van der Waals surface area (Å²) in [6.07, 6.45) is 5.44. The van der Waals surface area contributed by atoms with Gasteiger partial charge >= 0.3 is 0 Å². The Labute approximate surface area is 94.9 Å². The van der Waals surface area contributed by atoms with E-state index in [0.717, 1.165) is 5.92 Å². The van der Waals surface area contributed by atoms with Crippen LogP contribution in [0.4, 0.5) is 0 Å². The highest BCUT2D eigenvalue weighted by atomic mass is 127. The van der Waals surface area contributed by atoms with Gasteiger partial charge in [-0.15, -0.1) is 0 Å². The van der Waals surface area contributed by atoms with Gasteiger partial charge in [-0.25, -0.2) is 3.21 Å². The van der Waals surface area contributed by atoms with E-state index in [4.69, 9.17) is 0 Å². The summed E-state index contributed by atoms with van der Waals surface area (Å²) in [4.78, 5) is 0. The van der Waals surface area contributed by atoms with E-state index in [9.17, 15) is 0 Å². The molecule has 0 heterocycles. The van der Waals surface area contributed by atoms with E-state index in [2.05, 4.69) is 46.8 Å². The number of hydrogen-bond donors (Lipinski definition) is 0. The minimum atomic E-state index is 0.425. The van der Waals surface area contributed by atoms with Crippen LogP contribution in [-0.4, -0.2) is 5.71 Å². The van der Waals surface area contributed by atoms with Gasteiger partial charge in [0.25, 0.3) is 0 Å². The number of fused-ring (bicyclic) bond motifs is 2. The van der Waals surface area contributed by atoms with Crippen molar-refractivity contribution in [3.8, 4) is 0 Å². The van der Waals surface area contributed by atoms with Crippen molar-refractivity contribution >= 4 is 28.6 Å². The summed E-state index contributed by atoms with van der Waals surface area (Å²) >= 11 is 2.20. The van der Waals surface area contributed by atoms with Gasteiger partial charge in [0.05, 0.1) is 22.9 Å². The molecule has 3 atom stereocenters. The Bertz CT molecular complexity index is 261. The fourth-order valence-corrected chi connectivity index (χ4v) is 4.67. The summed E-state index contributed by atoms with van der Waals surface area (Å²) in [5, 5.41) is 0. The summed E-state index contributed by atoms with van der Waals surface area (Å²) in [5.41, 5.74) is 2.38. The molecule has 0 unspecified atom stereocenters. The fourth-order valence-electron chi connectivity index (χ4n) is 3.54. The van der Waals surface area contributed by atoms with Crippen LogP contribution in [-0.2, 0) is 0 Å². The molecule has 0 aromatic rings. The van der Waals surface area contributed by atoms with Crippen LogP contribution < -0.4 is 0 Å². The van der Waals surface area contributed by atoms with E-state index < -0.39 is 0 Å². The maximum absolute atomic E-state index is 4.55. The molecule has 0 spiro atoms. The van der Waals surface area contributed by atoms with Gasteiger partial charge in [0, 0.05) is 16.5 Å². The third kappa shape index (κ3) is 1.13. The van der Waals surface area contributed by atoms with Gasteiger partial charge in [-0.1, -0.05) is 20.8 Å². The summed E-state index contributed by atoms with van der Waals surface area (Å²) in [6.45, 7) is 7.14. The van der Waals surface area contributed by atoms with Gasteiger partial charge in [0.1, 0.15) is 0 Å². The van der Waals surface area contributed by atoms with Gasteiger partial charge in [-0.2, -0.15) is 0 Å². The first-order chi connectivity index (χ1) is 6.07. The highest BCUT2D eigenvalue weighted by molar-refractivity contribution is 14.1. The number of rotatable bonds is 1. The zero-order valence-electron chi connectivity index (χ0n) is 8.73. The molecular formula is C11H18IN. The first-order valence-electron chi connectivity index (χ1n) is 5.27. The van der Waals surface area contributed by atoms with Crippen molar-refractivity contribution in [2.45, 2.75) is 46.5 Å². The Morgan fingerprint density at radius 2 is 2.23 bits per heavy atom. The Kier molecular flexibility index (Phi) is 2.25. The molecule has 2 aliphatic rings. The van der Waals surface area contributed by atoms with Crippen LogP contribution >= 0.6 is 22.9 Å². The van der Waals surface area contributed by atoms with Crippen molar-refractivity contribution in [2.24, 2.45) is 20.0 Å². The minimum Gasteiger partial charge on any atom is -0.223 e. The molecule has 0 aliphatic heterocycles. The van der Waals surface area contributed by atoms with Crippen molar-refractivity contribution in [2.75, 3.05) is 0 Å². The molecule has 2 bridgehead atoms. The van der Waals surface area contributed by atoms with E-state index in [1.165, 1.54) is 31.4 Å². The van der Waals surface area contributed by atoms with Crippen LogP contribution in [0.15, 0.2) is 3.21 Å². The molecule has 1 nitrogen and oxygen atoms in total. The van der Waals surface area contributed by atoms with Crippen molar-refractivity contribution in [3.63, 3.8) is 0 Å². The molecule has 0 saturated heterocycles. The summed E-state index contributed by atoms with van der Waals surface area (Å²) in [6, 6.07) is 0. The standard InChI is InChI=1S/C11H18IN/c1-4-11(3)8-5-6-10(2,7-8)9(11)13-12/h8H,4-7H2,1-3H3/t8-,10+,11+/m1/s1. The molecule has 74 valence electrons. The molecule has 2 saturated carbocycles. The second kappa shape index (κ2) is 2.94. The maximum Gasteiger partial charge on any atom is 0.0830 e. The van der Waals surface area contributed by atoms with Gasteiger partial charge < -0.3 is 0 Å². The Morgan fingerprint density at radius 3 is 2.69 bits per heavy atom. The molecule has 0 aromatic carbocycles. The van der Waals surface area contributed by atoms with E-state index in [0.29, 0.717) is 10.8 Å². The van der Waals surface area contributed by atoms with E-state index >= 15 is 0 Å². The minimum absolute atomic E-state index is 0.425. The van der Waals surface area contributed by atoms with E-state index in [1.807, 2.05) is 0 Å². The number of halogens is 1. The van der Waals surface area contributed by atoms with Crippen LogP contribution in [0, 0.1) is 16.7 Å². The number of nitrogens with zero attached hydrogens (tertiary/aromatic N) is 1. The number of hydrogen-bond acceptors (Lipinski definition) is 1. The Balaban J connectivity index is 2.43. The second-order valence-corrected chi connectivity index (χ2v) is 5.69. The monoisotopic (exact) mass is 291 g/mol. The highest BCUT2D eigenvalue weighted by Crippen LogP contribution is 2.62. The molecule has 2 heteroatoms. The average molecular weight is 291 g/mol. The Hall–Kier alpha value is 0.400. The maximum atomic E-state index is 4.55. The van der Waals surface area contributed by atoms with Crippen molar-refractivity contribution in [3.05, 3.63) is 0 Å². The van der Waals surface area contributed by atoms with Crippen molar-refractivity contribution in [1.82, 2.24) is 0 Å². The van der Waals surface area contributed by atoms with Crippen LogP contribution in [0.3, 0.4) is 0 Å². The normalized spacial score (nSPS) is 52.0. The summed E-state index contributed by atoms with van der Waals surface area (Å²) in [7, 11) is 0. The third-order valence-electron chi connectivity index (χ3n) is 4.57. The first-order valence-corrected chi connectivity index (χ1v) is 6.23. The molecule has 0 radical (unpaired) electrons. The zero-order valence-corrected chi connectivity index (χ0v) is 10.9. The van der Waals surface area contributed by atoms with Gasteiger partial charge in [0.15, 0.2) is 0 Å². The topological polar surface area (TPSA) is 12.4 Å². The molecule has 2 rings (SSSR count). The predicted octanol–water partition coefficient (Wildman–Crippen LogP) is 4.01. The van der Waals surface area contributed by atoms with E-state index in [1.54, 1.807) is 0 Å². The largest absolute Gasteiger partial charge is 0.223 e. The summed E-state index contributed by atoms with van der Waals surface area (Å²) in [5.74, 6) is 0.913. The van der Waals surface area contributed by atoms with Crippen LogP contribution in [0.2, 0.25) is 0 Å². The Morgan fingerprint density at radius 1 is 1.54 bits per heavy atom. The predicted molar refractivity (Wildman–Crippen MR) is 65.3 cm³/mol. The molecule has 2 aliphatic carbocycles. The highest BCUT2D eigenvalue weighted by Gasteiger charge is 2.58. The zero-order chi connectivity index (χ0) is 9.69. The molecule has 0 N–H and O–H groups in total. The molecule has 0 amide bonds. The lowest BCUT2D eigenvalue weighted by atomic mass is 9.68. The fraction of sp³-hybridized carbons (Fsp3) is 0.909. The van der Waals surface area contributed by atoms with Crippen molar-refractivity contribution < 1.29 is 0 Å². The molecule has 13 heavy (non-hydrogen) atoms. The van der Waals surface area contributed by atoms with Crippen LogP contribution in [0.5, 0.6) is 0 Å². The average Bonchev–Trinajstić information content (AvgIpc) is 2.57. The SMILES string of the molecule is CC[C@]1(C)C(=NI)[C@@]2(C)CC[C@@H]1C2. The van der Waals surface area contributed by atoms with Gasteiger partial charge in [0.2, 0.25) is 0 Å². The molecule has 2 fully saturated rings. The van der Waals surface area contributed by atoms with Crippen LogP contribution in [0.1, 0.15) is 46.5 Å². The first kappa shape index (κ1) is 9.94. The smallest absolute Gasteiger partial charge is 0.0830 e. The molecule has 0 aromatic heterocycles. The van der Waals surface area contributed by atoms with Crippen LogP contribution in [0.25, 0.3) is 0 Å². The third-order valence-corrected chi connectivity index (χ3v) is 5.06. The lowest BCUT2D eigenvalue weighted by Crippen LogP contribution is -2.37. The summed E-state index contributed by atoms with van der Waals surface area (Å²) < 4.78 is 4.55. The molecular weight excluding hydrogens is 273 g/mol. The van der Waals surface area contributed by atoms with Gasteiger partial charge in [-0.05, 0) is 31.6 Å².